The van der Waals surface area contributed by atoms with Crippen LogP contribution in [-0.2, 0) is 5.88 Å². The van der Waals surface area contributed by atoms with Crippen LogP contribution in [0.15, 0.2) is 22.7 Å². The molecule has 0 radical (unpaired) electrons. The van der Waals surface area contributed by atoms with Gasteiger partial charge in [-0.3, -0.25) is 0 Å². The summed E-state index contributed by atoms with van der Waals surface area (Å²) in [4.78, 5) is 0. The van der Waals surface area contributed by atoms with E-state index in [9.17, 15) is 0 Å². The van der Waals surface area contributed by atoms with Gasteiger partial charge in [0.1, 0.15) is 5.75 Å². The van der Waals surface area contributed by atoms with E-state index >= 15 is 0 Å². The largest absolute Gasteiger partial charge is 0.492 e. The second-order valence-electron chi connectivity index (χ2n) is 3.06. The summed E-state index contributed by atoms with van der Waals surface area (Å²) in [6, 6.07) is 5.93. The first kappa shape index (κ1) is 13.2. The van der Waals surface area contributed by atoms with Gasteiger partial charge in [-0.2, -0.15) is 11.8 Å². The third-order valence-electron chi connectivity index (χ3n) is 1.93. The first-order valence-electron chi connectivity index (χ1n) is 4.74. The maximum absolute atomic E-state index is 5.84. The van der Waals surface area contributed by atoms with Gasteiger partial charge < -0.3 is 4.74 Å². The Kier molecular flexibility index (Phi) is 6.53. The van der Waals surface area contributed by atoms with Gasteiger partial charge in [0.15, 0.2) is 0 Å². The van der Waals surface area contributed by atoms with Crippen LogP contribution in [-0.4, -0.2) is 18.6 Å². The van der Waals surface area contributed by atoms with Crippen LogP contribution >= 0.6 is 39.3 Å². The van der Waals surface area contributed by atoms with Crippen molar-refractivity contribution in [3.05, 3.63) is 28.2 Å². The van der Waals surface area contributed by atoms with Gasteiger partial charge in [-0.1, -0.05) is 12.1 Å². The van der Waals surface area contributed by atoms with Gasteiger partial charge >= 0.3 is 0 Å². The number of rotatable bonds is 6. The van der Waals surface area contributed by atoms with E-state index < -0.39 is 0 Å². The summed E-state index contributed by atoms with van der Waals surface area (Å²) < 4.78 is 6.69. The zero-order valence-corrected chi connectivity index (χ0v) is 11.8. The van der Waals surface area contributed by atoms with E-state index in [2.05, 4.69) is 22.2 Å². The topological polar surface area (TPSA) is 9.23 Å². The number of benzene rings is 1. The van der Waals surface area contributed by atoms with Crippen molar-refractivity contribution in [2.45, 2.75) is 12.3 Å². The van der Waals surface area contributed by atoms with Gasteiger partial charge in [0.2, 0.25) is 0 Å². The molecule has 84 valence electrons. The Morgan fingerprint density at radius 3 is 2.93 bits per heavy atom. The molecule has 0 aliphatic carbocycles. The first-order chi connectivity index (χ1) is 7.29. The second-order valence-corrected chi connectivity index (χ2v) is 5.16. The van der Waals surface area contributed by atoms with Gasteiger partial charge in [0.25, 0.3) is 0 Å². The number of para-hydroxylation sites is 1. The molecule has 0 heterocycles. The molecule has 0 spiro atoms. The Hall–Kier alpha value is 0.140. The molecule has 15 heavy (non-hydrogen) atoms. The Labute approximate surface area is 109 Å². The average molecular weight is 310 g/mol. The lowest BCUT2D eigenvalue weighted by Crippen LogP contribution is -2.01. The highest BCUT2D eigenvalue weighted by atomic mass is 79.9. The maximum atomic E-state index is 5.84. The Morgan fingerprint density at radius 2 is 2.27 bits per heavy atom. The fourth-order valence-electron chi connectivity index (χ4n) is 1.20. The van der Waals surface area contributed by atoms with Gasteiger partial charge in [-0.05, 0) is 40.4 Å². The highest BCUT2D eigenvalue weighted by Crippen LogP contribution is 2.30. The van der Waals surface area contributed by atoms with Crippen molar-refractivity contribution in [1.29, 1.82) is 0 Å². The molecule has 1 aromatic rings. The molecule has 0 aliphatic rings. The van der Waals surface area contributed by atoms with Gasteiger partial charge in [0, 0.05) is 5.56 Å². The van der Waals surface area contributed by atoms with E-state index in [1.54, 1.807) is 0 Å². The van der Waals surface area contributed by atoms with Crippen LogP contribution < -0.4 is 4.74 Å². The van der Waals surface area contributed by atoms with E-state index in [-0.39, 0.29) is 0 Å². The van der Waals surface area contributed by atoms with Crippen LogP contribution in [0.3, 0.4) is 0 Å². The highest BCUT2D eigenvalue weighted by Gasteiger charge is 2.06. The van der Waals surface area contributed by atoms with Crippen LogP contribution in [0.1, 0.15) is 12.0 Å². The zero-order valence-electron chi connectivity index (χ0n) is 8.63. The van der Waals surface area contributed by atoms with E-state index in [0.717, 1.165) is 34.6 Å². The van der Waals surface area contributed by atoms with Crippen LogP contribution in [0.2, 0.25) is 0 Å². The summed E-state index contributed by atoms with van der Waals surface area (Å²) in [7, 11) is 0. The second kappa shape index (κ2) is 7.42. The van der Waals surface area contributed by atoms with Crippen LogP contribution in [0.5, 0.6) is 5.75 Å². The van der Waals surface area contributed by atoms with Crippen molar-refractivity contribution < 1.29 is 4.74 Å². The maximum Gasteiger partial charge on any atom is 0.137 e. The zero-order chi connectivity index (χ0) is 11.1. The summed E-state index contributed by atoms with van der Waals surface area (Å²) in [5.74, 6) is 2.49. The number of ether oxygens (including phenoxy) is 1. The van der Waals surface area contributed by atoms with Crippen molar-refractivity contribution in [3.8, 4) is 5.75 Å². The summed E-state index contributed by atoms with van der Waals surface area (Å²) in [6.07, 6.45) is 3.16. The van der Waals surface area contributed by atoms with Gasteiger partial charge in [-0.25, -0.2) is 0 Å². The molecule has 0 N–H and O–H groups in total. The average Bonchev–Trinajstić information content (AvgIpc) is 2.26. The summed E-state index contributed by atoms with van der Waals surface area (Å²) in [6.45, 7) is 0.743. The summed E-state index contributed by atoms with van der Waals surface area (Å²) in [5.41, 5.74) is 1.04. The van der Waals surface area contributed by atoms with E-state index in [1.165, 1.54) is 0 Å². The summed E-state index contributed by atoms with van der Waals surface area (Å²) >= 11 is 11.1. The number of alkyl halides is 1. The molecule has 1 aromatic carbocycles. The highest BCUT2D eigenvalue weighted by molar-refractivity contribution is 9.10. The van der Waals surface area contributed by atoms with Crippen molar-refractivity contribution in [2.24, 2.45) is 0 Å². The minimum absolute atomic E-state index is 0.483. The molecule has 0 amide bonds. The molecule has 4 heteroatoms. The van der Waals surface area contributed by atoms with Crippen LogP contribution in [0.4, 0.5) is 0 Å². The van der Waals surface area contributed by atoms with Gasteiger partial charge in [0.05, 0.1) is 17.0 Å². The van der Waals surface area contributed by atoms with E-state index in [4.69, 9.17) is 16.3 Å². The third kappa shape index (κ3) is 4.25. The van der Waals surface area contributed by atoms with Crippen molar-refractivity contribution in [2.75, 3.05) is 18.6 Å². The number of hydrogen-bond acceptors (Lipinski definition) is 2. The quantitative estimate of drug-likeness (QED) is 0.572. The van der Waals surface area contributed by atoms with Crippen LogP contribution in [0, 0.1) is 0 Å². The molecular weight excluding hydrogens is 296 g/mol. The lowest BCUT2D eigenvalue weighted by atomic mass is 10.2. The SMILES string of the molecule is CSCCCOc1c(Br)cccc1CCl. The molecule has 0 fully saturated rings. The standard InChI is InChI=1S/C11H14BrClOS/c1-15-7-3-6-14-11-9(8-13)4-2-5-10(11)12/h2,4-5H,3,6-8H2,1H3. The molecule has 1 rings (SSSR count). The normalized spacial score (nSPS) is 10.3. The predicted octanol–water partition coefficient (Wildman–Crippen LogP) is 4.32. The van der Waals surface area contributed by atoms with Crippen LogP contribution in [0.25, 0.3) is 0 Å². The smallest absolute Gasteiger partial charge is 0.137 e. The number of halogens is 2. The molecule has 0 atom stereocenters. The molecule has 0 saturated heterocycles. The van der Waals surface area contributed by atoms with Crippen molar-refractivity contribution >= 4 is 39.3 Å². The van der Waals surface area contributed by atoms with Crippen molar-refractivity contribution in [1.82, 2.24) is 0 Å². The molecule has 0 unspecified atom stereocenters. The lowest BCUT2D eigenvalue weighted by Gasteiger charge is -2.11. The predicted molar refractivity (Wildman–Crippen MR) is 72.2 cm³/mol. The minimum atomic E-state index is 0.483. The lowest BCUT2D eigenvalue weighted by molar-refractivity contribution is 0.314. The third-order valence-corrected chi connectivity index (χ3v) is 3.54. The first-order valence-corrected chi connectivity index (χ1v) is 7.46. The summed E-state index contributed by atoms with van der Waals surface area (Å²) in [5, 5.41) is 0. The minimum Gasteiger partial charge on any atom is -0.492 e. The van der Waals surface area contributed by atoms with E-state index in [0.29, 0.717) is 5.88 Å². The number of hydrogen-bond donors (Lipinski definition) is 0. The van der Waals surface area contributed by atoms with Crippen molar-refractivity contribution in [3.63, 3.8) is 0 Å². The monoisotopic (exact) mass is 308 g/mol. The molecule has 0 saturated carbocycles. The fourth-order valence-corrected chi connectivity index (χ4v) is 2.34. The Bertz CT molecular complexity index is 307. The fraction of sp³-hybridized carbons (Fsp3) is 0.455. The molecule has 0 aliphatic heterocycles. The Balaban J connectivity index is 2.58. The molecule has 1 nitrogen and oxygen atoms in total. The number of thioether (sulfide) groups is 1. The molecular formula is C11H14BrClOS. The Morgan fingerprint density at radius 1 is 1.47 bits per heavy atom. The van der Waals surface area contributed by atoms with E-state index in [1.807, 2.05) is 30.0 Å². The van der Waals surface area contributed by atoms with Gasteiger partial charge in [-0.15, -0.1) is 11.6 Å². The molecule has 0 bridgehead atoms. The molecule has 0 aromatic heterocycles.